The van der Waals surface area contributed by atoms with Crippen LogP contribution < -0.4 is 0 Å². The SMILES string of the molecule is Cc1ccccc1-c1ccc(-c2c3ccccc3c(-c3ccc(-c4ccccc4)cc3)c3ccccc23)cc1C1CC1. The molecule has 0 bridgehead atoms. The topological polar surface area (TPSA) is 0 Å². The summed E-state index contributed by atoms with van der Waals surface area (Å²) in [4.78, 5) is 0. The first-order valence-electron chi connectivity index (χ1n) is 15.1. The molecule has 0 heteroatoms. The average molecular weight is 537 g/mol. The zero-order valence-electron chi connectivity index (χ0n) is 23.8. The number of hydrogen-bond donors (Lipinski definition) is 0. The second kappa shape index (κ2) is 10.2. The lowest BCUT2D eigenvalue weighted by Gasteiger charge is -2.19. The van der Waals surface area contributed by atoms with Gasteiger partial charge in [0.1, 0.15) is 0 Å². The van der Waals surface area contributed by atoms with Crippen molar-refractivity contribution in [2.45, 2.75) is 25.7 Å². The van der Waals surface area contributed by atoms with E-state index in [4.69, 9.17) is 0 Å². The van der Waals surface area contributed by atoms with Crippen LogP contribution in [-0.4, -0.2) is 0 Å². The van der Waals surface area contributed by atoms with Gasteiger partial charge >= 0.3 is 0 Å². The van der Waals surface area contributed by atoms with Crippen LogP contribution in [0.1, 0.15) is 29.9 Å². The first kappa shape index (κ1) is 24.8. The minimum Gasteiger partial charge on any atom is -0.0622 e. The van der Waals surface area contributed by atoms with Crippen molar-refractivity contribution < 1.29 is 0 Å². The highest BCUT2D eigenvalue weighted by Crippen LogP contribution is 2.49. The molecule has 7 aromatic rings. The molecule has 0 atom stereocenters. The molecule has 0 unspecified atom stereocenters. The second-order valence-electron chi connectivity index (χ2n) is 11.7. The minimum atomic E-state index is 0.652. The molecule has 1 aliphatic carbocycles. The van der Waals surface area contributed by atoms with E-state index in [1.807, 2.05) is 0 Å². The largest absolute Gasteiger partial charge is 0.0622 e. The van der Waals surface area contributed by atoms with Crippen LogP contribution in [-0.2, 0) is 0 Å². The Morgan fingerprint density at radius 1 is 0.405 bits per heavy atom. The van der Waals surface area contributed by atoms with Crippen LogP contribution in [0.3, 0.4) is 0 Å². The van der Waals surface area contributed by atoms with Crippen LogP contribution >= 0.6 is 0 Å². The van der Waals surface area contributed by atoms with E-state index in [2.05, 4.69) is 153 Å². The minimum absolute atomic E-state index is 0.652. The van der Waals surface area contributed by atoms with Crippen molar-refractivity contribution in [1.82, 2.24) is 0 Å². The van der Waals surface area contributed by atoms with E-state index < -0.39 is 0 Å². The molecular weight excluding hydrogens is 504 g/mol. The molecule has 0 nitrogen and oxygen atoms in total. The van der Waals surface area contributed by atoms with Gasteiger partial charge in [0.05, 0.1) is 0 Å². The molecule has 7 aromatic carbocycles. The summed E-state index contributed by atoms with van der Waals surface area (Å²) in [5, 5.41) is 5.22. The van der Waals surface area contributed by atoms with E-state index >= 15 is 0 Å². The van der Waals surface area contributed by atoms with Crippen molar-refractivity contribution in [2.24, 2.45) is 0 Å². The summed E-state index contributed by atoms with van der Waals surface area (Å²) in [5.41, 5.74) is 13.3. The lowest BCUT2D eigenvalue weighted by molar-refractivity contribution is 1.13. The fraction of sp³-hybridized carbons (Fsp3) is 0.0952. The Kier molecular flexibility index (Phi) is 6.00. The molecule has 8 rings (SSSR count). The molecule has 1 aliphatic rings. The lowest BCUT2D eigenvalue weighted by Crippen LogP contribution is -1.94. The first-order chi connectivity index (χ1) is 20.8. The Morgan fingerprint density at radius 3 is 1.48 bits per heavy atom. The van der Waals surface area contributed by atoms with Crippen molar-refractivity contribution in [3.05, 3.63) is 157 Å². The summed E-state index contributed by atoms with van der Waals surface area (Å²) < 4.78 is 0. The molecule has 42 heavy (non-hydrogen) atoms. The smallest absolute Gasteiger partial charge is 0.00263 e. The molecule has 200 valence electrons. The summed E-state index contributed by atoms with van der Waals surface area (Å²) in [6.45, 7) is 2.23. The summed E-state index contributed by atoms with van der Waals surface area (Å²) in [6, 6.07) is 53.7. The Bertz CT molecular complexity index is 2020. The van der Waals surface area contributed by atoms with Gasteiger partial charge in [-0.25, -0.2) is 0 Å². The molecule has 0 amide bonds. The maximum absolute atomic E-state index is 2.50. The van der Waals surface area contributed by atoms with Crippen LogP contribution in [0.25, 0.3) is 66.1 Å². The van der Waals surface area contributed by atoms with Crippen molar-refractivity contribution in [1.29, 1.82) is 0 Å². The third-order valence-corrected chi connectivity index (χ3v) is 9.00. The molecule has 1 fully saturated rings. The summed E-state index contributed by atoms with van der Waals surface area (Å²) in [6.07, 6.45) is 2.56. The third-order valence-electron chi connectivity index (χ3n) is 9.00. The van der Waals surface area contributed by atoms with Gasteiger partial charge < -0.3 is 0 Å². The number of aryl methyl sites for hydroxylation is 1. The predicted molar refractivity (Wildman–Crippen MR) is 180 cm³/mol. The highest BCUT2D eigenvalue weighted by molar-refractivity contribution is 6.21. The fourth-order valence-electron chi connectivity index (χ4n) is 6.78. The third kappa shape index (κ3) is 4.23. The van der Waals surface area contributed by atoms with Crippen molar-refractivity contribution >= 4 is 21.5 Å². The van der Waals surface area contributed by atoms with Gasteiger partial charge in [0, 0.05) is 0 Å². The van der Waals surface area contributed by atoms with Gasteiger partial charge in [-0.05, 0) is 103 Å². The van der Waals surface area contributed by atoms with Gasteiger partial charge in [0.2, 0.25) is 0 Å². The standard InChI is InChI=1S/C42H32/c1-28-11-5-6-14-34(28)35-26-25-33(27-40(35)31-21-22-31)42-38-17-9-7-15-36(38)41(37-16-8-10-18-39(37)42)32-23-19-30(20-24-32)29-12-3-2-4-13-29/h2-20,23-27,31H,21-22H2,1H3. The van der Waals surface area contributed by atoms with Gasteiger partial charge in [-0.1, -0.05) is 146 Å². The normalized spacial score (nSPS) is 13.1. The summed E-state index contributed by atoms with van der Waals surface area (Å²) >= 11 is 0. The summed E-state index contributed by atoms with van der Waals surface area (Å²) in [7, 11) is 0. The molecule has 0 aliphatic heterocycles. The number of rotatable bonds is 5. The van der Waals surface area contributed by atoms with Crippen LogP contribution in [0.2, 0.25) is 0 Å². The highest BCUT2D eigenvalue weighted by atomic mass is 14.3. The van der Waals surface area contributed by atoms with Gasteiger partial charge in [-0.3, -0.25) is 0 Å². The molecule has 0 heterocycles. The monoisotopic (exact) mass is 536 g/mol. The van der Waals surface area contributed by atoms with Gasteiger partial charge in [-0.15, -0.1) is 0 Å². The molecule has 1 saturated carbocycles. The van der Waals surface area contributed by atoms with Crippen LogP contribution in [0, 0.1) is 6.92 Å². The molecule has 0 aromatic heterocycles. The predicted octanol–water partition coefficient (Wildman–Crippen LogP) is 11.8. The van der Waals surface area contributed by atoms with Crippen molar-refractivity contribution in [3.63, 3.8) is 0 Å². The summed E-state index contributed by atoms with van der Waals surface area (Å²) in [5.74, 6) is 0.652. The van der Waals surface area contributed by atoms with Crippen LogP contribution in [0.15, 0.2) is 146 Å². The maximum Gasteiger partial charge on any atom is -0.00263 e. The van der Waals surface area contributed by atoms with E-state index in [0.29, 0.717) is 5.92 Å². The lowest BCUT2D eigenvalue weighted by atomic mass is 9.84. The highest BCUT2D eigenvalue weighted by Gasteiger charge is 2.28. The fourth-order valence-corrected chi connectivity index (χ4v) is 6.78. The number of benzene rings is 7. The number of hydrogen-bond acceptors (Lipinski definition) is 0. The van der Waals surface area contributed by atoms with E-state index in [0.717, 1.165) is 0 Å². The van der Waals surface area contributed by atoms with E-state index in [1.165, 1.54) is 90.0 Å². The van der Waals surface area contributed by atoms with Gasteiger partial charge in [0.15, 0.2) is 0 Å². The zero-order chi connectivity index (χ0) is 28.0. The quantitative estimate of drug-likeness (QED) is 0.192. The maximum atomic E-state index is 2.50. The zero-order valence-corrected chi connectivity index (χ0v) is 23.8. The molecule has 0 saturated heterocycles. The van der Waals surface area contributed by atoms with Crippen molar-refractivity contribution in [2.75, 3.05) is 0 Å². The molecule has 0 radical (unpaired) electrons. The molecular formula is C42H32. The Labute approximate surface area is 247 Å². The Hall–Kier alpha value is -4.94. The number of fused-ring (bicyclic) bond motifs is 2. The van der Waals surface area contributed by atoms with Crippen LogP contribution in [0.5, 0.6) is 0 Å². The van der Waals surface area contributed by atoms with Gasteiger partial charge in [0.25, 0.3) is 0 Å². The second-order valence-corrected chi connectivity index (χ2v) is 11.7. The first-order valence-corrected chi connectivity index (χ1v) is 15.1. The Balaban J connectivity index is 1.35. The van der Waals surface area contributed by atoms with Gasteiger partial charge in [-0.2, -0.15) is 0 Å². The average Bonchev–Trinajstić information content (AvgIpc) is 3.90. The Morgan fingerprint density at radius 2 is 0.881 bits per heavy atom. The van der Waals surface area contributed by atoms with E-state index in [1.54, 1.807) is 0 Å². The van der Waals surface area contributed by atoms with E-state index in [9.17, 15) is 0 Å². The van der Waals surface area contributed by atoms with E-state index in [-0.39, 0.29) is 0 Å². The van der Waals surface area contributed by atoms with Crippen molar-refractivity contribution in [3.8, 4) is 44.5 Å². The van der Waals surface area contributed by atoms with Crippen LogP contribution in [0.4, 0.5) is 0 Å². The molecule has 0 spiro atoms. The molecule has 0 N–H and O–H groups in total.